The molecule has 5 rings (SSSR count). The minimum Gasteiger partial charge on any atom is -0.497 e. The third kappa shape index (κ3) is 3.24. The Balaban J connectivity index is 1.50. The van der Waals surface area contributed by atoms with E-state index in [0.717, 1.165) is 28.8 Å². The van der Waals surface area contributed by atoms with Gasteiger partial charge in [0.1, 0.15) is 11.4 Å². The van der Waals surface area contributed by atoms with Gasteiger partial charge in [0.2, 0.25) is 0 Å². The van der Waals surface area contributed by atoms with Crippen molar-refractivity contribution < 1.29 is 14.1 Å². The molecular weight excluding hydrogens is 378 g/mol. The van der Waals surface area contributed by atoms with Crippen LogP contribution in [0.25, 0.3) is 22.4 Å². The number of fused-ring (bicyclic) bond motifs is 3. The number of carbonyl (C=O) groups excluding carboxylic acids is 1. The number of methoxy groups -OCH3 is 1. The van der Waals surface area contributed by atoms with Crippen LogP contribution in [0.2, 0.25) is 0 Å². The second kappa shape index (κ2) is 7.42. The molecule has 6 nitrogen and oxygen atoms in total. The molecule has 2 aliphatic rings. The predicted molar refractivity (Wildman–Crippen MR) is 114 cm³/mol. The largest absolute Gasteiger partial charge is 0.497 e. The maximum atomic E-state index is 13.4. The summed E-state index contributed by atoms with van der Waals surface area (Å²) in [6, 6.07) is 9.56. The molecule has 2 aliphatic carbocycles. The average molecular weight is 405 g/mol. The summed E-state index contributed by atoms with van der Waals surface area (Å²) in [7, 11) is 1.63. The molecule has 1 aromatic carbocycles. The molecule has 156 valence electrons. The Hall–Kier alpha value is -2.89. The van der Waals surface area contributed by atoms with Crippen LogP contribution in [0.5, 0.6) is 5.75 Å². The summed E-state index contributed by atoms with van der Waals surface area (Å²) >= 11 is 0. The number of amides is 1. The number of hydrogen-bond donors (Lipinski definition) is 1. The first-order valence-corrected chi connectivity index (χ1v) is 10.8. The Morgan fingerprint density at radius 1 is 1.27 bits per heavy atom. The molecule has 0 spiro atoms. The zero-order valence-electron chi connectivity index (χ0n) is 17.6. The fourth-order valence-electron chi connectivity index (χ4n) is 5.52. The lowest BCUT2D eigenvalue weighted by Crippen LogP contribution is -2.40. The smallest absolute Gasteiger partial charge is 0.259 e. The first-order chi connectivity index (χ1) is 14.5. The molecule has 3 aromatic rings. The van der Waals surface area contributed by atoms with E-state index in [0.29, 0.717) is 28.3 Å². The Bertz CT molecular complexity index is 1110. The number of benzene rings is 1. The highest BCUT2D eigenvalue weighted by Crippen LogP contribution is 2.49. The molecule has 0 radical (unpaired) electrons. The van der Waals surface area contributed by atoms with Crippen molar-refractivity contribution >= 4 is 17.0 Å². The van der Waals surface area contributed by atoms with E-state index >= 15 is 0 Å². The van der Waals surface area contributed by atoms with Gasteiger partial charge in [-0.15, -0.1) is 0 Å². The highest BCUT2D eigenvalue weighted by Gasteiger charge is 2.42. The zero-order chi connectivity index (χ0) is 20.8. The van der Waals surface area contributed by atoms with Crippen molar-refractivity contribution in [2.75, 3.05) is 7.11 Å². The Morgan fingerprint density at radius 3 is 2.87 bits per heavy atom. The topological polar surface area (TPSA) is 77.2 Å². The Kier molecular flexibility index (Phi) is 4.72. The van der Waals surface area contributed by atoms with Gasteiger partial charge in [-0.2, -0.15) is 0 Å². The van der Waals surface area contributed by atoms with Crippen molar-refractivity contribution in [2.45, 2.75) is 45.6 Å². The third-order valence-corrected chi connectivity index (χ3v) is 6.96. The molecule has 2 saturated carbocycles. The summed E-state index contributed by atoms with van der Waals surface area (Å²) < 4.78 is 10.9. The van der Waals surface area contributed by atoms with Gasteiger partial charge in [0.25, 0.3) is 11.6 Å². The van der Waals surface area contributed by atoms with E-state index in [1.165, 1.54) is 25.7 Å². The van der Waals surface area contributed by atoms with Gasteiger partial charge in [-0.25, -0.2) is 4.98 Å². The maximum Gasteiger partial charge on any atom is 0.259 e. The summed E-state index contributed by atoms with van der Waals surface area (Å²) in [6.07, 6.45) is 5.23. The molecule has 0 aliphatic heterocycles. The van der Waals surface area contributed by atoms with Crippen molar-refractivity contribution in [3.63, 3.8) is 0 Å². The molecule has 1 N–H and O–H groups in total. The van der Waals surface area contributed by atoms with Gasteiger partial charge in [-0.05, 0) is 69.1 Å². The molecule has 2 aromatic heterocycles. The molecule has 2 fully saturated rings. The summed E-state index contributed by atoms with van der Waals surface area (Å²) in [5.41, 5.74) is 3.11. The third-order valence-electron chi connectivity index (χ3n) is 6.96. The maximum absolute atomic E-state index is 13.4. The standard InChI is InChI=1S/C24H27N3O3/c1-13-9-20(23(28)26-14(2)19-11-15-7-8-16(19)10-15)21-22(27-30-24(21)25-13)17-5-4-6-18(12-17)29-3/h4-6,9,12,14-16,19H,7-8,10-11H2,1-3H3,(H,26,28)/t14-,15+,16+,19-/m1/s1. The quantitative estimate of drug-likeness (QED) is 0.662. The molecule has 2 heterocycles. The van der Waals surface area contributed by atoms with Gasteiger partial charge in [-0.1, -0.05) is 23.7 Å². The van der Waals surface area contributed by atoms with Gasteiger partial charge in [0, 0.05) is 17.3 Å². The average Bonchev–Trinajstić information content (AvgIpc) is 3.48. The second-order valence-electron chi connectivity index (χ2n) is 8.86. The highest BCUT2D eigenvalue weighted by atomic mass is 16.5. The van der Waals surface area contributed by atoms with Gasteiger partial charge >= 0.3 is 0 Å². The number of aromatic nitrogens is 2. The van der Waals surface area contributed by atoms with Crippen molar-refractivity contribution in [3.8, 4) is 17.0 Å². The van der Waals surface area contributed by atoms with Crippen LogP contribution in [0.3, 0.4) is 0 Å². The minimum absolute atomic E-state index is 0.0897. The van der Waals surface area contributed by atoms with E-state index in [9.17, 15) is 4.79 Å². The number of nitrogens with one attached hydrogen (secondary N) is 1. The highest BCUT2D eigenvalue weighted by molar-refractivity contribution is 6.09. The van der Waals surface area contributed by atoms with Crippen molar-refractivity contribution in [3.05, 3.63) is 41.6 Å². The lowest BCUT2D eigenvalue weighted by atomic mass is 9.84. The van der Waals surface area contributed by atoms with Crippen LogP contribution >= 0.6 is 0 Å². The van der Waals surface area contributed by atoms with Gasteiger partial charge < -0.3 is 14.6 Å². The summed E-state index contributed by atoms with van der Waals surface area (Å²) in [5, 5.41) is 8.16. The first-order valence-electron chi connectivity index (χ1n) is 10.8. The number of carbonyl (C=O) groups is 1. The zero-order valence-corrected chi connectivity index (χ0v) is 17.6. The normalized spacial score (nSPS) is 23.6. The molecule has 30 heavy (non-hydrogen) atoms. The SMILES string of the molecule is COc1cccc(-c2noc3nc(C)cc(C(=O)N[C@H](C)[C@H]4C[C@H]5CC[C@H]4C5)c23)c1. The number of rotatable bonds is 5. The fourth-order valence-corrected chi connectivity index (χ4v) is 5.52. The van der Waals surface area contributed by atoms with Gasteiger partial charge in [-0.3, -0.25) is 4.79 Å². The molecule has 4 atom stereocenters. The van der Waals surface area contributed by atoms with Crippen molar-refractivity contribution in [1.29, 1.82) is 0 Å². The number of nitrogens with zero attached hydrogens (tertiary/aromatic N) is 2. The molecule has 0 unspecified atom stereocenters. The van der Waals surface area contributed by atoms with Crippen LogP contribution in [0, 0.1) is 24.7 Å². The van der Waals surface area contributed by atoms with Crippen molar-refractivity contribution in [1.82, 2.24) is 15.5 Å². The summed E-state index contributed by atoms with van der Waals surface area (Å²) in [5.74, 6) is 2.82. The van der Waals surface area contributed by atoms with E-state index in [1.807, 2.05) is 37.3 Å². The monoisotopic (exact) mass is 405 g/mol. The molecule has 1 amide bonds. The molecule has 2 bridgehead atoms. The van der Waals surface area contributed by atoms with Crippen LogP contribution in [-0.4, -0.2) is 29.2 Å². The molecular formula is C24H27N3O3. The lowest BCUT2D eigenvalue weighted by Gasteiger charge is -2.28. The molecule has 0 saturated heterocycles. The number of pyridine rings is 1. The van der Waals surface area contributed by atoms with E-state index < -0.39 is 0 Å². The second-order valence-corrected chi connectivity index (χ2v) is 8.86. The van der Waals surface area contributed by atoms with Crippen LogP contribution < -0.4 is 10.1 Å². The Morgan fingerprint density at radius 2 is 2.13 bits per heavy atom. The number of hydrogen-bond acceptors (Lipinski definition) is 5. The molecule has 6 heteroatoms. The lowest BCUT2D eigenvalue weighted by molar-refractivity contribution is 0.0917. The number of aryl methyl sites for hydroxylation is 1. The van der Waals surface area contributed by atoms with Gasteiger partial charge in [0.15, 0.2) is 0 Å². The van der Waals surface area contributed by atoms with Crippen LogP contribution in [0.1, 0.15) is 48.7 Å². The summed E-state index contributed by atoms with van der Waals surface area (Å²) in [4.78, 5) is 17.8. The predicted octanol–water partition coefficient (Wildman–Crippen LogP) is 4.76. The first kappa shape index (κ1) is 19.1. The fraction of sp³-hybridized carbons (Fsp3) is 0.458. The van der Waals surface area contributed by atoms with E-state index in [1.54, 1.807) is 7.11 Å². The van der Waals surface area contributed by atoms with Crippen LogP contribution in [0.4, 0.5) is 0 Å². The van der Waals surface area contributed by atoms with E-state index in [-0.39, 0.29) is 11.9 Å². The number of ether oxygens (including phenoxy) is 1. The Labute approximate surface area is 176 Å². The minimum atomic E-state index is -0.0897. The van der Waals surface area contributed by atoms with Crippen LogP contribution in [0.15, 0.2) is 34.9 Å². The van der Waals surface area contributed by atoms with Gasteiger partial charge in [0.05, 0.1) is 18.1 Å². The summed E-state index contributed by atoms with van der Waals surface area (Å²) in [6.45, 7) is 4.01. The van der Waals surface area contributed by atoms with Crippen LogP contribution in [-0.2, 0) is 0 Å². The van der Waals surface area contributed by atoms with Crippen molar-refractivity contribution in [2.24, 2.45) is 17.8 Å². The van der Waals surface area contributed by atoms with E-state index in [4.69, 9.17) is 9.26 Å². The van der Waals surface area contributed by atoms with E-state index in [2.05, 4.69) is 22.4 Å².